The number of urea groups is 1. The minimum absolute atomic E-state index is 0.111. The molecule has 2 amide bonds. The molecule has 0 saturated carbocycles. The van der Waals surface area contributed by atoms with Crippen molar-refractivity contribution in [3.63, 3.8) is 0 Å². The number of nitrogens with zero attached hydrogens (tertiary/aromatic N) is 3. The van der Waals surface area contributed by atoms with Crippen LogP contribution >= 0.6 is 11.3 Å². The highest BCUT2D eigenvalue weighted by Gasteiger charge is 2.22. The number of amides is 2. The first-order valence-electron chi connectivity index (χ1n) is 7.70. The Morgan fingerprint density at radius 1 is 1.35 bits per heavy atom. The largest absolute Gasteiger partial charge is 0.331 e. The molecule has 0 aliphatic heterocycles. The van der Waals surface area contributed by atoms with E-state index >= 15 is 0 Å². The number of thiophene rings is 1. The maximum atomic E-state index is 12.2. The fourth-order valence-electron chi connectivity index (χ4n) is 3.02. The van der Waals surface area contributed by atoms with Crippen molar-refractivity contribution in [2.24, 2.45) is 0 Å². The van der Waals surface area contributed by atoms with Gasteiger partial charge in [-0.3, -0.25) is 4.40 Å². The van der Waals surface area contributed by atoms with Crippen LogP contribution in [0.3, 0.4) is 0 Å². The molecule has 3 aromatic rings. The van der Waals surface area contributed by atoms with Crippen molar-refractivity contribution >= 4 is 23.0 Å². The minimum Gasteiger partial charge on any atom is -0.331 e. The smallest absolute Gasteiger partial charge is 0.315 e. The predicted octanol–water partition coefficient (Wildman–Crippen LogP) is 2.67. The molecule has 2 N–H and O–H groups in total. The zero-order valence-electron chi connectivity index (χ0n) is 12.5. The van der Waals surface area contributed by atoms with E-state index in [1.165, 1.54) is 10.4 Å². The van der Waals surface area contributed by atoms with Crippen LogP contribution in [0.15, 0.2) is 35.8 Å². The van der Waals surface area contributed by atoms with Crippen molar-refractivity contribution in [1.29, 1.82) is 0 Å². The lowest BCUT2D eigenvalue weighted by Gasteiger charge is -2.23. The topological polar surface area (TPSA) is 71.3 Å². The third-order valence-electron chi connectivity index (χ3n) is 4.15. The maximum Gasteiger partial charge on any atom is 0.315 e. The van der Waals surface area contributed by atoms with Crippen LogP contribution in [0.4, 0.5) is 4.79 Å². The van der Waals surface area contributed by atoms with Crippen molar-refractivity contribution < 1.29 is 4.79 Å². The molecule has 1 aliphatic rings. The first kappa shape index (κ1) is 14.2. The lowest BCUT2D eigenvalue weighted by atomic mass is 9.94. The average molecular weight is 327 g/mol. The summed E-state index contributed by atoms with van der Waals surface area (Å²) in [6, 6.07) is 7.78. The molecule has 0 fully saturated rings. The summed E-state index contributed by atoms with van der Waals surface area (Å²) < 4.78 is 1.87. The molecule has 0 spiro atoms. The van der Waals surface area contributed by atoms with E-state index in [2.05, 4.69) is 32.3 Å². The van der Waals surface area contributed by atoms with Crippen LogP contribution in [-0.4, -0.2) is 20.6 Å². The molecule has 3 aromatic heterocycles. The summed E-state index contributed by atoms with van der Waals surface area (Å²) in [6.45, 7) is 0.347. The molecule has 1 aliphatic carbocycles. The van der Waals surface area contributed by atoms with Crippen molar-refractivity contribution in [3.05, 3.63) is 52.1 Å². The van der Waals surface area contributed by atoms with Gasteiger partial charge >= 0.3 is 6.03 Å². The Morgan fingerprint density at radius 2 is 2.30 bits per heavy atom. The number of pyridine rings is 1. The summed E-state index contributed by atoms with van der Waals surface area (Å²) in [5.74, 6) is 0.718. The number of nitrogens with one attached hydrogen (secondary N) is 2. The van der Waals surface area contributed by atoms with Crippen molar-refractivity contribution in [3.8, 4) is 0 Å². The van der Waals surface area contributed by atoms with Gasteiger partial charge in [0.2, 0.25) is 0 Å². The van der Waals surface area contributed by atoms with Gasteiger partial charge in [-0.25, -0.2) is 4.79 Å². The number of carbonyl (C=O) groups excluding carboxylic acids is 1. The molecular formula is C16H17N5OS. The quantitative estimate of drug-likeness (QED) is 0.777. The Bertz CT molecular complexity index is 840. The summed E-state index contributed by atoms with van der Waals surface area (Å²) in [4.78, 5) is 13.6. The Balaban J connectivity index is 1.40. The molecule has 3 heterocycles. The molecule has 0 aromatic carbocycles. The zero-order chi connectivity index (χ0) is 15.6. The second kappa shape index (κ2) is 6.00. The van der Waals surface area contributed by atoms with Crippen LogP contribution in [0.25, 0.3) is 5.65 Å². The standard InChI is InChI=1S/C16H17N5OS/c22-16(18-12-4-3-5-13-11(12)7-9-23-13)17-10-15-20-19-14-6-1-2-8-21(14)15/h1-2,6-9,12H,3-5,10H2,(H2,17,18,22)/t12-/m1/s1. The Labute approximate surface area is 137 Å². The van der Waals surface area contributed by atoms with Gasteiger partial charge in [-0.2, -0.15) is 0 Å². The SMILES string of the molecule is O=C(NCc1nnc2ccccn12)N[C@@H]1CCCc2sccc21. The average Bonchev–Trinajstić information content (AvgIpc) is 3.20. The normalized spacial score (nSPS) is 17.0. The fraction of sp³-hybridized carbons (Fsp3) is 0.312. The molecule has 6 nitrogen and oxygen atoms in total. The molecule has 0 saturated heterocycles. The van der Waals surface area contributed by atoms with Crippen LogP contribution in [-0.2, 0) is 13.0 Å². The number of aromatic nitrogens is 3. The molecule has 23 heavy (non-hydrogen) atoms. The van der Waals surface area contributed by atoms with E-state index < -0.39 is 0 Å². The molecule has 7 heteroatoms. The van der Waals surface area contributed by atoms with E-state index in [0.717, 1.165) is 30.7 Å². The van der Waals surface area contributed by atoms with Gasteiger partial charge in [0.05, 0.1) is 12.6 Å². The van der Waals surface area contributed by atoms with Crippen LogP contribution in [0, 0.1) is 0 Å². The van der Waals surface area contributed by atoms with Crippen LogP contribution in [0.5, 0.6) is 0 Å². The number of hydrogen-bond donors (Lipinski definition) is 2. The van der Waals surface area contributed by atoms with Crippen molar-refractivity contribution in [2.75, 3.05) is 0 Å². The number of hydrogen-bond acceptors (Lipinski definition) is 4. The van der Waals surface area contributed by atoms with E-state index in [1.54, 1.807) is 11.3 Å². The first-order valence-corrected chi connectivity index (χ1v) is 8.58. The molecule has 4 rings (SSSR count). The summed E-state index contributed by atoms with van der Waals surface area (Å²) >= 11 is 1.78. The number of fused-ring (bicyclic) bond motifs is 2. The van der Waals surface area contributed by atoms with E-state index in [4.69, 9.17) is 0 Å². The summed E-state index contributed by atoms with van der Waals surface area (Å²) in [6.07, 6.45) is 5.12. The van der Waals surface area contributed by atoms with Gasteiger partial charge in [0, 0.05) is 11.1 Å². The van der Waals surface area contributed by atoms with Gasteiger partial charge in [-0.15, -0.1) is 21.5 Å². The van der Waals surface area contributed by atoms with Gasteiger partial charge in [-0.1, -0.05) is 6.07 Å². The van der Waals surface area contributed by atoms with Crippen LogP contribution in [0.2, 0.25) is 0 Å². The van der Waals surface area contributed by atoms with E-state index in [-0.39, 0.29) is 12.1 Å². The second-order valence-corrected chi connectivity index (χ2v) is 6.62. The Morgan fingerprint density at radius 3 is 3.26 bits per heavy atom. The molecular weight excluding hydrogens is 310 g/mol. The van der Waals surface area contributed by atoms with Gasteiger partial charge in [0.25, 0.3) is 0 Å². The third-order valence-corrected chi connectivity index (χ3v) is 5.15. The Kier molecular flexibility index (Phi) is 3.70. The zero-order valence-corrected chi connectivity index (χ0v) is 13.3. The monoisotopic (exact) mass is 327 g/mol. The molecule has 0 unspecified atom stereocenters. The van der Waals surface area contributed by atoms with Gasteiger partial charge in [-0.05, 0) is 48.4 Å². The highest BCUT2D eigenvalue weighted by atomic mass is 32.1. The highest BCUT2D eigenvalue weighted by molar-refractivity contribution is 7.10. The maximum absolute atomic E-state index is 12.2. The van der Waals surface area contributed by atoms with Crippen LogP contribution < -0.4 is 10.6 Å². The highest BCUT2D eigenvalue weighted by Crippen LogP contribution is 2.33. The number of carbonyl (C=O) groups is 1. The second-order valence-electron chi connectivity index (χ2n) is 5.62. The summed E-state index contributed by atoms with van der Waals surface area (Å²) in [5, 5.41) is 16.2. The van der Waals surface area contributed by atoms with Gasteiger partial charge in [0.1, 0.15) is 0 Å². The van der Waals surface area contributed by atoms with E-state index in [9.17, 15) is 4.79 Å². The minimum atomic E-state index is -0.165. The summed E-state index contributed by atoms with van der Waals surface area (Å²) in [7, 11) is 0. The fourth-order valence-corrected chi connectivity index (χ4v) is 4.00. The summed E-state index contributed by atoms with van der Waals surface area (Å²) in [5.41, 5.74) is 2.05. The Hall–Kier alpha value is -2.41. The van der Waals surface area contributed by atoms with Crippen molar-refractivity contribution in [2.45, 2.75) is 31.8 Å². The van der Waals surface area contributed by atoms with Crippen molar-refractivity contribution in [1.82, 2.24) is 25.2 Å². The van der Waals surface area contributed by atoms with E-state index in [1.807, 2.05) is 28.8 Å². The van der Waals surface area contributed by atoms with Gasteiger partial charge in [0.15, 0.2) is 11.5 Å². The van der Waals surface area contributed by atoms with Crippen LogP contribution in [0.1, 0.15) is 35.1 Å². The molecule has 0 radical (unpaired) electrons. The lowest BCUT2D eigenvalue weighted by Crippen LogP contribution is -2.38. The van der Waals surface area contributed by atoms with Gasteiger partial charge < -0.3 is 10.6 Å². The number of aryl methyl sites for hydroxylation is 1. The first-order chi connectivity index (χ1) is 11.3. The third kappa shape index (κ3) is 2.79. The van der Waals surface area contributed by atoms with E-state index in [0.29, 0.717) is 6.54 Å². The lowest BCUT2D eigenvalue weighted by molar-refractivity contribution is 0.235. The number of rotatable bonds is 3. The molecule has 0 bridgehead atoms. The predicted molar refractivity (Wildman–Crippen MR) is 88.4 cm³/mol. The molecule has 118 valence electrons. The molecule has 1 atom stereocenters.